The van der Waals surface area contributed by atoms with Gasteiger partial charge < -0.3 is 10.5 Å². The van der Waals surface area contributed by atoms with E-state index >= 15 is 0 Å². The van der Waals surface area contributed by atoms with E-state index in [-0.39, 0.29) is 5.97 Å². The van der Waals surface area contributed by atoms with Gasteiger partial charge in [-0.25, -0.2) is 9.48 Å². The minimum absolute atomic E-state index is 0.357. The van der Waals surface area contributed by atoms with E-state index in [2.05, 4.69) is 17.2 Å². The predicted molar refractivity (Wildman–Crippen MR) is 79.2 cm³/mol. The molecule has 1 aromatic heterocycles. The number of ether oxygens (including phenoxy) is 1. The zero-order valence-electron chi connectivity index (χ0n) is 12.4. The lowest BCUT2D eigenvalue weighted by molar-refractivity contribution is 0.0600. The third-order valence-corrected chi connectivity index (χ3v) is 3.32. The van der Waals surface area contributed by atoms with E-state index in [1.807, 2.05) is 6.07 Å². The second kappa shape index (κ2) is 6.99. The Kier molecular flexibility index (Phi) is 5.05. The van der Waals surface area contributed by atoms with Gasteiger partial charge in [-0.2, -0.15) is 0 Å². The maximum atomic E-state index is 11.6. The molecule has 21 heavy (non-hydrogen) atoms. The predicted octanol–water partition coefficient (Wildman–Crippen LogP) is 1.86. The molecule has 2 N–H and O–H groups in total. The van der Waals surface area contributed by atoms with Crippen LogP contribution in [0, 0.1) is 0 Å². The van der Waals surface area contributed by atoms with Gasteiger partial charge in [-0.3, -0.25) is 0 Å². The maximum absolute atomic E-state index is 11.6. The Hall–Kier alpha value is -2.21. The number of methoxy groups -OCH3 is 1. The summed E-state index contributed by atoms with van der Waals surface area (Å²) in [6.45, 7) is 2.49. The van der Waals surface area contributed by atoms with Crippen LogP contribution >= 0.6 is 0 Å². The molecule has 1 heterocycles. The first kappa shape index (κ1) is 15.2. The molecular weight excluding hydrogens is 268 g/mol. The minimum Gasteiger partial charge on any atom is -0.465 e. The Morgan fingerprint density at radius 2 is 2.24 bits per heavy atom. The van der Waals surface area contributed by atoms with Crippen LogP contribution in [-0.4, -0.2) is 28.1 Å². The summed E-state index contributed by atoms with van der Waals surface area (Å²) >= 11 is 0. The van der Waals surface area contributed by atoms with Gasteiger partial charge in [0.15, 0.2) is 0 Å². The molecule has 0 bridgehead atoms. The van der Waals surface area contributed by atoms with E-state index in [0.717, 1.165) is 36.3 Å². The molecule has 0 radical (unpaired) electrons. The molecule has 0 saturated heterocycles. The van der Waals surface area contributed by atoms with Crippen molar-refractivity contribution < 1.29 is 9.53 Å². The van der Waals surface area contributed by atoms with Crippen molar-refractivity contribution in [3.63, 3.8) is 0 Å². The minimum atomic E-state index is -0.369. The second-order valence-electron chi connectivity index (χ2n) is 4.74. The van der Waals surface area contributed by atoms with E-state index in [1.54, 1.807) is 22.9 Å². The van der Waals surface area contributed by atoms with E-state index in [9.17, 15) is 4.79 Å². The highest BCUT2D eigenvalue weighted by Gasteiger charge is 2.14. The van der Waals surface area contributed by atoms with Gasteiger partial charge in [0, 0.05) is 6.54 Å². The molecule has 0 aliphatic heterocycles. The highest BCUT2D eigenvalue weighted by Crippen LogP contribution is 2.17. The Morgan fingerprint density at radius 3 is 2.90 bits per heavy atom. The smallest absolute Gasteiger partial charge is 0.337 e. The van der Waals surface area contributed by atoms with Crippen LogP contribution in [-0.2, 0) is 17.7 Å². The van der Waals surface area contributed by atoms with Crippen molar-refractivity contribution in [3.05, 3.63) is 41.2 Å². The highest BCUT2D eigenvalue weighted by atomic mass is 16.5. The van der Waals surface area contributed by atoms with Crippen LogP contribution in [0.2, 0.25) is 0 Å². The molecule has 112 valence electrons. The lowest BCUT2D eigenvalue weighted by Crippen LogP contribution is -2.08. The van der Waals surface area contributed by atoms with Crippen LogP contribution in [0.3, 0.4) is 0 Å². The molecule has 6 heteroatoms. The van der Waals surface area contributed by atoms with Gasteiger partial charge in [0.25, 0.3) is 0 Å². The number of benzene rings is 1. The molecule has 0 aliphatic rings. The number of unbranched alkanes of at least 4 members (excludes halogenated alkanes) is 1. The summed E-state index contributed by atoms with van der Waals surface area (Å²) in [4.78, 5) is 11.6. The number of carbonyl (C=O) groups excluding carboxylic acids is 1. The maximum Gasteiger partial charge on any atom is 0.337 e. The zero-order chi connectivity index (χ0) is 15.2. The topological polar surface area (TPSA) is 83.0 Å². The van der Waals surface area contributed by atoms with E-state index in [0.29, 0.717) is 12.1 Å². The van der Waals surface area contributed by atoms with Crippen molar-refractivity contribution in [1.29, 1.82) is 0 Å². The van der Waals surface area contributed by atoms with Gasteiger partial charge in [0.05, 0.1) is 29.7 Å². The summed E-state index contributed by atoms with van der Waals surface area (Å²) in [5.74, 6) is -0.369. The molecule has 0 fully saturated rings. The molecule has 0 aliphatic carbocycles. The number of nitrogens with two attached hydrogens (primary N) is 1. The molecule has 0 amide bonds. The number of carbonyl (C=O) groups is 1. The molecule has 0 spiro atoms. The molecule has 1 aromatic carbocycles. The third kappa shape index (κ3) is 3.28. The molecule has 0 unspecified atom stereocenters. The zero-order valence-corrected chi connectivity index (χ0v) is 12.4. The number of rotatable bonds is 6. The lowest BCUT2D eigenvalue weighted by atomic mass is 10.1. The van der Waals surface area contributed by atoms with Crippen molar-refractivity contribution in [2.24, 2.45) is 5.73 Å². The van der Waals surface area contributed by atoms with Crippen LogP contribution < -0.4 is 5.73 Å². The molecular formula is C15H20N4O2. The van der Waals surface area contributed by atoms with Gasteiger partial charge in [0.1, 0.15) is 0 Å². The fraction of sp³-hybridized carbons (Fsp3) is 0.400. The number of nitrogens with zero attached hydrogens (tertiary/aromatic N) is 3. The van der Waals surface area contributed by atoms with Crippen molar-refractivity contribution in [2.45, 2.75) is 32.7 Å². The Labute approximate surface area is 123 Å². The number of hydrogen-bond acceptors (Lipinski definition) is 5. The molecule has 0 atom stereocenters. The quantitative estimate of drug-likeness (QED) is 0.820. The third-order valence-electron chi connectivity index (χ3n) is 3.32. The molecule has 6 nitrogen and oxygen atoms in total. The number of hydrogen-bond donors (Lipinski definition) is 1. The van der Waals surface area contributed by atoms with Crippen LogP contribution in [0.5, 0.6) is 0 Å². The van der Waals surface area contributed by atoms with Crippen molar-refractivity contribution in [3.8, 4) is 5.69 Å². The summed E-state index contributed by atoms with van der Waals surface area (Å²) in [6.07, 6.45) is 2.98. The summed E-state index contributed by atoms with van der Waals surface area (Å²) in [7, 11) is 1.36. The van der Waals surface area contributed by atoms with Crippen LogP contribution in [0.1, 0.15) is 41.5 Å². The standard InChI is InChI=1S/C15H20N4O2/c1-3-4-8-14-13(10-16)17-18-19(14)12-7-5-6-11(9-12)15(20)21-2/h5-7,9H,3-4,8,10,16H2,1-2H3. The average Bonchev–Trinajstić information content (AvgIpc) is 2.95. The fourth-order valence-corrected chi connectivity index (χ4v) is 2.18. The average molecular weight is 288 g/mol. The molecule has 0 saturated carbocycles. The number of esters is 1. The Bertz CT molecular complexity index is 622. The van der Waals surface area contributed by atoms with E-state index < -0.39 is 0 Å². The number of aromatic nitrogens is 3. The van der Waals surface area contributed by atoms with E-state index in [4.69, 9.17) is 10.5 Å². The monoisotopic (exact) mass is 288 g/mol. The summed E-state index contributed by atoms with van der Waals surface area (Å²) in [6, 6.07) is 7.14. The summed E-state index contributed by atoms with van der Waals surface area (Å²) in [5, 5.41) is 8.30. The summed E-state index contributed by atoms with van der Waals surface area (Å²) in [5.41, 5.74) is 8.80. The van der Waals surface area contributed by atoms with Crippen molar-refractivity contribution in [1.82, 2.24) is 15.0 Å². The van der Waals surface area contributed by atoms with Crippen LogP contribution in [0.4, 0.5) is 0 Å². The van der Waals surface area contributed by atoms with Crippen LogP contribution in [0.25, 0.3) is 5.69 Å². The second-order valence-corrected chi connectivity index (χ2v) is 4.74. The molecule has 2 aromatic rings. The highest BCUT2D eigenvalue weighted by molar-refractivity contribution is 5.89. The van der Waals surface area contributed by atoms with Crippen molar-refractivity contribution >= 4 is 5.97 Å². The Balaban J connectivity index is 2.41. The Morgan fingerprint density at radius 1 is 1.43 bits per heavy atom. The summed E-state index contributed by atoms with van der Waals surface area (Å²) < 4.78 is 6.50. The largest absolute Gasteiger partial charge is 0.465 e. The van der Waals surface area contributed by atoms with Gasteiger partial charge in [-0.1, -0.05) is 24.6 Å². The van der Waals surface area contributed by atoms with Gasteiger partial charge >= 0.3 is 5.97 Å². The van der Waals surface area contributed by atoms with Gasteiger partial charge in [-0.15, -0.1) is 5.10 Å². The van der Waals surface area contributed by atoms with Gasteiger partial charge in [0.2, 0.25) is 0 Å². The normalized spacial score (nSPS) is 10.6. The first-order valence-electron chi connectivity index (χ1n) is 7.03. The van der Waals surface area contributed by atoms with Crippen molar-refractivity contribution in [2.75, 3.05) is 7.11 Å². The SMILES string of the molecule is CCCCc1c(CN)nnn1-c1cccc(C(=O)OC)c1. The van der Waals surface area contributed by atoms with Crippen LogP contribution in [0.15, 0.2) is 24.3 Å². The first-order valence-corrected chi connectivity index (χ1v) is 7.03. The van der Waals surface area contributed by atoms with E-state index in [1.165, 1.54) is 7.11 Å². The lowest BCUT2D eigenvalue weighted by Gasteiger charge is -2.08. The van der Waals surface area contributed by atoms with Gasteiger partial charge in [-0.05, 0) is 31.0 Å². The molecule has 2 rings (SSSR count). The fourth-order valence-electron chi connectivity index (χ4n) is 2.18. The first-order chi connectivity index (χ1) is 10.2.